The van der Waals surface area contributed by atoms with E-state index < -0.39 is 11.9 Å². The first-order valence-corrected chi connectivity index (χ1v) is 14.8. The summed E-state index contributed by atoms with van der Waals surface area (Å²) in [4.78, 5) is 12.2. The molecule has 4 nitrogen and oxygen atoms in total. The molecule has 0 unspecified atom stereocenters. The molecule has 8 atom stereocenters. The van der Waals surface area contributed by atoms with Crippen LogP contribution in [-0.2, 0) is 19.0 Å². The van der Waals surface area contributed by atoms with E-state index in [1.165, 1.54) is 57.4 Å². The van der Waals surface area contributed by atoms with Gasteiger partial charge < -0.3 is 14.2 Å². The van der Waals surface area contributed by atoms with Crippen LogP contribution in [0.1, 0.15) is 106 Å². The lowest BCUT2D eigenvalue weighted by Crippen LogP contribution is -2.59. The van der Waals surface area contributed by atoms with Crippen molar-refractivity contribution in [3.63, 3.8) is 0 Å². The van der Waals surface area contributed by atoms with Crippen LogP contribution >= 0.6 is 0 Å². The predicted molar refractivity (Wildman–Crippen MR) is 139 cm³/mol. The first-order chi connectivity index (χ1) is 16.6. The topological polar surface area (TPSA) is 44.8 Å². The fourth-order valence-corrected chi connectivity index (χ4v) is 9.77. The van der Waals surface area contributed by atoms with E-state index in [1.807, 2.05) is 0 Å². The molecule has 1 heterocycles. The minimum Gasteiger partial charge on any atom is -0.452 e. The van der Waals surface area contributed by atoms with E-state index in [0.29, 0.717) is 24.5 Å². The third-order valence-electron chi connectivity index (χ3n) is 11.5. The van der Waals surface area contributed by atoms with Crippen molar-refractivity contribution in [2.75, 3.05) is 13.2 Å². The van der Waals surface area contributed by atoms with E-state index in [9.17, 15) is 4.79 Å². The van der Waals surface area contributed by atoms with Crippen molar-refractivity contribution < 1.29 is 19.0 Å². The number of allylic oxidation sites excluding steroid dienone is 1. The van der Waals surface area contributed by atoms with Crippen LogP contribution in [-0.4, -0.2) is 31.1 Å². The van der Waals surface area contributed by atoms with Gasteiger partial charge in [0.05, 0.1) is 13.2 Å². The van der Waals surface area contributed by atoms with Gasteiger partial charge in [-0.25, -0.2) is 0 Å². The second-order valence-electron chi connectivity index (χ2n) is 13.7. The minimum absolute atomic E-state index is 0.0753. The van der Waals surface area contributed by atoms with Crippen molar-refractivity contribution in [1.29, 1.82) is 0 Å². The quantitative estimate of drug-likeness (QED) is 0.292. The molecular formula is C31H50O4. The van der Waals surface area contributed by atoms with Crippen molar-refractivity contribution in [2.24, 2.45) is 46.3 Å². The fourth-order valence-electron chi connectivity index (χ4n) is 9.77. The Bertz CT molecular complexity index is 826. The summed E-state index contributed by atoms with van der Waals surface area (Å²) in [5.74, 6) is 3.79. The first kappa shape index (κ1) is 25.8. The predicted octanol–water partition coefficient (Wildman–Crippen LogP) is 7.31. The van der Waals surface area contributed by atoms with Crippen LogP contribution in [0.3, 0.4) is 0 Å². The summed E-state index contributed by atoms with van der Waals surface area (Å²) in [6.07, 6.45) is 14.7. The number of carbonyl (C=O) groups is 1. The maximum absolute atomic E-state index is 12.2. The second kappa shape index (κ2) is 9.46. The van der Waals surface area contributed by atoms with Crippen molar-refractivity contribution in [1.82, 2.24) is 0 Å². The summed E-state index contributed by atoms with van der Waals surface area (Å²) < 4.78 is 18.3. The molecule has 4 fully saturated rings. The van der Waals surface area contributed by atoms with Crippen LogP contribution in [0.15, 0.2) is 11.6 Å². The average Bonchev–Trinajstić information content (AvgIpc) is 3.40. The Hall–Kier alpha value is -0.870. The van der Waals surface area contributed by atoms with Gasteiger partial charge in [0, 0.05) is 13.3 Å². The number of hydrogen-bond acceptors (Lipinski definition) is 4. The van der Waals surface area contributed by atoms with Gasteiger partial charge in [-0.1, -0.05) is 60.0 Å². The maximum Gasteiger partial charge on any atom is 0.303 e. The Balaban J connectivity index is 1.38. The van der Waals surface area contributed by atoms with Gasteiger partial charge in [0.2, 0.25) is 5.79 Å². The zero-order valence-electron chi connectivity index (χ0n) is 23.2. The molecule has 5 rings (SSSR count). The van der Waals surface area contributed by atoms with Gasteiger partial charge >= 0.3 is 5.97 Å². The summed E-state index contributed by atoms with van der Waals surface area (Å²) in [6, 6.07) is 0. The van der Waals surface area contributed by atoms with Crippen LogP contribution in [0.4, 0.5) is 0 Å². The van der Waals surface area contributed by atoms with Crippen molar-refractivity contribution in [3.05, 3.63) is 11.6 Å². The van der Waals surface area contributed by atoms with Crippen LogP contribution in [0, 0.1) is 46.3 Å². The van der Waals surface area contributed by atoms with Crippen LogP contribution < -0.4 is 0 Å². The molecule has 4 heteroatoms. The molecule has 0 aromatic heterocycles. The van der Waals surface area contributed by atoms with Gasteiger partial charge in [0.1, 0.15) is 0 Å². The number of fused-ring (bicyclic) bond motifs is 5. The van der Waals surface area contributed by atoms with Gasteiger partial charge in [0.15, 0.2) is 6.10 Å². The van der Waals surface area contributed by atoms with E-state index in [4.69, 9.17) is 14.2 Å². The standard InChI is InChI=1S/C31H50O4/c1-20(2)8-7-9-21(3)24-12-13-25-23-10-11-27-28(35-22(4)32)31(33-18-19-34-31)17-16-30(27,6)26(23)14-15-29(24,25)5/h11,20-21,23-26,28H,7-10,12-19H2,1-6H3/t21-,23+,24+,25+,26+,28+,29-,30+/m1/s1. The van der Waals surface area contributed by atoms with E-state index >= 15 is 0 Å². The molecule has 0 N–H and O–H groups in total. The highest BCUT2D eigenvalue weighted by Crippen LogP contribution is 2.68. The fraction of sp³-hybridized carbons (Fsp3) is 0.903. The first-order valence-electron chi connectivity index (χ1n) is 14.8. The molecule has 1 aliphatic heterocycles. The second-order valence-corrected chi connectivity index (χ2v) is 13.7. The summed E-state index contributed by atoms with van der Waals surface area (Å²) in [7, 11) is 0. The molecule has 198 valence electrons. The molecule has 0 bridgehead atoms. The molecule has 1 spiro atoms. The summed E-state index contributed by atoms with van der Waals surface area (Å²) in [6.45, 7) is 15.1. The van der Waals surface area contributed by atoms with Crippen LogP contribution in [0.25, 0.3) is 0 Å². The molecule has 1 saturated heterocycles. The molecule has 0 aromatic carbocycles. The summed E-state index contributed by atoms with van der Waals surface area (Å²) in [5.41, 5.74) is 1.86. The number of rotatable bonds is 6. The van der Waals surface area contributed by atoms with E-state index in [2.05, 4.69) is 40.7 Å². The zero-order valence-corrected chi connectivity index (χ0v) is 23.2. The minimum atomic E-state index is -0.767. The lowest BCUT2D eigenvalue weighted by Gasteiger charge is -2.60. The lowest BCUT2D eigenvalue weighted by molar-refractivity contribution is -0.245. The van der Waals surface area contributed by atoms with E-state index in [0.717, 1.165) is 48.9 Å². The van der Waals surface area contributed by atoms with Gasteiger partial charge in [-0.15, -0.1) is 0 Å². The normalized spacial score (nSPS) is 42.8. The van der Waals surface area contributed by atoms with Crippen LogP contribution in [0.2, 0.25) is 0 Å². The van der Waals surface area contributed by atoms with E-state index in [-0.39, 0.29) is 11.4 Å². The average molecular weight is 487 g/mol. The molecule has 0 aromatic rings. The Morgan fingerprint density at radius 1 is 1.03 bits per heavy atom. The Morgan fingerprint density at radius 3 is 2.46 bits per heavy atom. The van der Waals surface area contributed by atoms with Gasteiger partial charge in [-0.05, 0) is 90.4 Å². The summed E-state index contributed by atoms with van der Waals surface area (Å²) in [5, 5.41) is 0. The number of ether oxygens (including phenoxy) is 3. The molecule has 0 radical (unpaired) electrons. The molecular weight excluding hydrogens is 436 g/mol. The molecule has 3 saturated carbocycles. The SMILES string of the molecule is CC(=O)O[C@H]1C2=CC[C@H]3[C@@H]4CC[C@@H]([C@H](C)CCCC(C)C)[C@@]4(C)CC[C@@H]3[C@]2(C)CCC12OCCO2. The van der Waals surface area contributed by atoms with Gasteiger partial charge in [-0.2, -0.15) is 0 Å². The molecule has 5 aliphatic rings. The highest BCUT2D eigenvalue weighted by Gasteiger charge is 2.64. The third kappa shape index (κ3) is 4.23. The van der Waals surface area contributed by atoms with Crippen LogP contribution in [0.5, 0.6) is 0 Å². The van der Waals surface area contributed by atoms with Gasteiger partial charge in [0.25, 0.3) is 0 Å². The van der Waals surface area contributed by atoms with Gasteiger partial charge in [-0.3, -0.25) is 4.79 Å². The van der Waals surface area contributed by atoms with Crippen molar-refractivity contribution in [3.8, 4) is 0 Å². The molecule has 4 aliphatic carbocycles. The smallest absolute Gasteiger partial charge is 0.303 e. The summed E-state index contributed by atoms with van der Waals surface area (Å²) >= 11 is 0. The number of esters is 1. The lowest BCUT2D eigenvalue weighted by atomic mass is 9.46. The van der Waals surface area contributed by atoms with Crippen molar-refractivity contribution >= 4 is 5.97 Å². The maximum atomic E-state index is 12.2. The molecule has 0 amide bonds. The highest BCUT2D eigenvalue weighted by atomic mass is 16.8. The monoisotopic (exact) mass is 486 g/mol. The van der Waals surface area contributed by atoms with E-state index in [1.54, 1.807) is 0 Å². The zero-order chi connectivity index (χ0) is 25.0. The van der Waals surface area contributed by atoms with Crippen molar-refractivity contribution in [2.45, 2.75) is 118 Å². The Morgan fingerprint density at radius 2 is 1.77 bits per heavy atom. The Labute approximate surface area is 213 Å². The number of carbonyl (C=O) groups excluding carboxylic acids is 1. The molecule has 35 heavy (non-hydrogen) atoms. The number of hydrogen-bond donors (Lipinski definition) is 0. The third-order valence-corrected chi connectivity index (χ3v) is 11.5. The largest absolute Gasteiger partial charge is 0.452 e. The Kier molecular flexibility index (Phi) is 6.96. The highest BCUT2D eigenvalue weighted by molar-refractivity contribution is 5.67.